The van der Waals surface area contributed by atoms with Gasteiger partial charge in [-0.25, -0.2) is 0 Å². The zero-order valence-corrected chi connectivity index (χ0v) is 10.4. The molecular formula is C12H25N3O. The molecule has 4 heteroatoms. The second-order valence-corrected chi connectivity index (χ2v) is 4.59. The van der Waals surface area contributed by atoms with Crippen molar-refractivity contribution < 1.29 is 4.79 Å². The van der Waals surface area contributed by atoms with Crippen LogP contribution in [-0.4, -0.2) is 43.0 Å². The number of likely N-dealkylation sites (tertiary alicyclic amines) is 1. The molecule has 16 heavy (non-hydrogen) atoms. The molecule has 0 bridgehead atoms. The van der Waals surface area contributed by atoms with Crippen LogP contribution in [0.25, 0.3) is 0 Å². The molecule has 0 spiro atoms. The van der Waals surface area contributed by atoms with Gasteiger partial charge in [-0.3, -0.25) is 4.79 Å². The summed E-state index contributed by atoms with van der Waals surface area (Å²) in [6, 6.07) is -0.327. The second kappa shape index (κ2) is 7.63. The van der Waals surface area contributed by atoms with E-state index in [0.29, 0.717) is 0 Å². The van der Waals surface area contributed by atoms with Crippen molar-refractivity contribution in [3.05, 3.63) is 0 Å². The van der Waals surface area contributed by atoms with Gasteiger partial charge in [-0.15, -0.1) is 0 Å². The summed E-state index contributed by atoms with van der Waals surface area (Å²) in [7, 11) is 0. The molecule has 3 N–H and O–H groups in total. The topological polar surface area (TPSA) is 58.4 Å². The molecule has 4 nitrogen and oxygen atoms in total. The van der Waals surface area contributed by atoms with Gasteiger partial charge in [-0.1, -0.05) is 19.8 Å². The zero-order valence-electron chi connectivity index (χ0n) is 10.4. The summed E-state index contributed by atoms with van der Waals surface area (Å²) in [5, 5.41) is 2.91. The molecule has 0 unspecified atom stereocenters. The van der Waals surface area contributed by atoms with Gasteiger partial charge in [0, 0.05) is 13.1 Å². The third kappa shape index (κ3) is 4.94. The summed E-state index contributed by atoms with van der Waals surface area (Å²) in [6.07, 6.45) is 5.67. The van der Waals surface area contributed by atoms with Crippen LogP contribution in [0.2, 0.25) is 0 Å². The fraction of sp³-hybridized carbons (Fsp3) is 0.917. The Labute approximate surface area is 98.6 Å². The van der Waals surface area contributed by atoms with Crippen molar-refractivity contribution in [1.29, 1.82) is 0 Å². The molecule has 1 amide bonds. The van der Waals surface area contributed by atoms with Gasteiger partial charge < -0.3 is 16.0 Å². The van der Waals surface area contributed by atoms with E-state index < -0.39 is 0 Å². The van der Waals surface area contributed by atoms with Gasteiger partial charge in [0.15, 0.2) is 0 Å². The molecule has 0 aliphatic carbocycles. The lowest BCUT2D eigenvalue weighted by atomic mass is 10.1. The van der Waals surface area contributed by atoms with E-state index in [4.69, 9.17) is 5.73 Å². The lowest BCUT2D eigenvalue weighted by Crippen LogP contribution is -2.44. The fourth-order valence-corrected chi connectivity index (χ4v) is 2.09. The minimum absolute atomic E-state index is 0.00106. The quantitative estimate of drug-likeness (QED) is 0.703. The summed E-state index contributed by atoms with van der Waals surface area (Å²) < 4.78 is 0. The number of amides is 1. The highest BCUT2D eigenvalue weighted by molar-refractivity contribution is 5.81. The Morgan fingerprint density at radius 1 is 1.38 bits per heavy atom. The van der Waals surface area contributed by atoms with E-state index in [2.05, 4.69) is 10.2 Å². The maximum Gasteiger partial charge on any atom is 0.236 e. The Balaban J connectivity index is 2.07. The highest BCUT2D eigenvalue weighted by Crippen LogP contribution is 2.07. The summed E-state index contributed by atoms with van der Waals surface area (Å²) >= 11 is 0. The molecule has 1 rings (SSSR count). The summed E-state index contributed by atoms with van der Waals surface area (Å²) in [5.74, 6) is -0.00106. The second-order valence-electron chi connectivity index (χ2n) is 4.59. The molecule has 0 radical (unpaired) electrons. The van der Waals surface area contributed by atoms with Crippen LogP contribution < -0.4 is 11.1 Å². The van der Waals surface area contributed by atoms with Gasteiger partial charge in [-0.05, 0) is 32.4 Å². The number of hydrogen-bond donors (Lipinski definition) is 2. The van der Waals surface area contributed by atoms with Gasteiger partial charge in [-0.2, -0.15) is 0 Å². The van der Waals surface area contributed by atoms with E-state index >= 15 is 0 Å². The van der Waals surface area contributed by atoms with Crippen molar-refractivity contribution in [2.24, 2.45) is 5.73 Å². The van der Waals surface area contributed by atoms with Crippen LogP contribution in [0, 0.1) is 0 Å². The number of carbonyl (C=O) groups is 1. The van der Waals surface area contributed by atoms with Crippen molar-refractivity contribution in [3.8, 4) is 0 Å². The average Bonchev–Trinajstić information content (AvgIpc) is 2.30. The lowest BCUT2D eigenvalue weighted by molar-refractivity contribution is -0.122. The molecule has 1 heterocycles. The predicted molar refractivity (Wildman–Crippen MR) is 66.2 cm³/mol. The molecule has 1 atom stereocenters. The van der Waals surface area contributed by atoms with Crippen molar-refractivity contribution in [2.75, 3.05) is 26.2 Å². The molecule has 1 aliphatic rings. The summed E-state index contributed by atoms with van der Waals surface area (Å²) in [4.78, 5) is 13.9. The number of piperidine rings is 1. The van der Waals surface area contributed by atoms with E-state index in [1.165, 1.54) is 32.4 Å². The first kappa shape index (κ1) is 13.5. The Hall–Kier alpha value is -0.610. The van der Waals surface area contributed by atoms with Gasteiger partial charge in [0.2, 0.25) is 5.91 Å². The number of rotatable bonds is 6. The SMILES string of the molecule is CCC[C@@H](N)C(=O)NCCN1CCCCC1. The van der Waals surface area contributed by atoms with Crippen LogP contribution in [-0.2, 0) is 4.79 Å². The molecule has 94 valence electrons. The maximum absolute atomic E-state index is 11.5. The number of nitrogens with zero attached hydrogens (tertiary/aromatic N) is 1. The minimum atomic E-state index is -0.327. The summed E-state index contributed by atoms with van der Waals surface area (Å²) in [5.41, 5.74) is 5.72. The smallest absolute Gasteiger partial charge is 0.236 e. The number of nitrogens with two attached hydrogens (primary N) is 1. The van der Waals surface area contributed by atoms with Crippen LogP contribution in [0.3, 0.4) is 0 Å². The molecule has 0 saturated carbocycles. The number of carbonyl (C=O) groups excluding carboxylic acids is 1. The molecule has 0 aromatic heterocycles. The molecule has 0 aromatic carbocycles. The average molecular weight is 227 g/mol. The molecular weight excluding hydrogens is 202 g/mol. The van der Waals surface area contributed by atoms with Crippen LogP contribution in [0.5, 0.6) is 0 Å². The van der Waals surface area contributed by atoms with Gasteiger partial charge in [0.25, 0.3) is 0 Å². The van der Waals surface area contributed by atoms with Crippen molar-refractivity contribution >= 4 is 5.91 Å². The first-order valence-electron chi connectivity index (χ1n) is 6.49. The van der Waals surface area contributed by atoms with Crippen molar-refractivity contribution in [1.82, 2.24) is 10.2 Å². The predicted octanol–water partition coefficient (Wildman–Crippen LogP) is 0.716. The maximum atomic E-state index is 11.5. The Kier molecular flexibility index (Phi) is 6.42. The minimum Gasteiger partial charge on any atom is -0.353 e. The van der Waals surface area contributed by atoms with Gasteiger partial charge in [0.05, 0.1) is 6.04 Å². The first-order valence-corrected chi connectivity index (χ1v) is 6.49. The first-order chi connectivity index (χ1) is 7.74. The summed E-state index contributed by atoms with van der Waals surface area (Å²) in [6.45, 7) is 6.09. The van der Waals surface area contributed by atoms with Crippen molar-refractivity contribution in [3.63, 3.8) is 0 Å². The molecule has 1 saturated heterocycles. The van der Waals surface area contributed by atoms with E-state index in [-0.39, 0.29) is 11.9 Å². The molecule has 0 aromatic rings. The third-order valence-electron chi connectivity index (χ3n) is 3.11. The van der Waals surface area contributed by atoms with E-state index in [1.54, 1.807) is 0 Å². The largest absolute Gasteiger partial charge is 0.353 e. The Morgan fingerprint density at radius 2 is 2.06 bits per heavy atom. The fourth-order valence-electron chi connectivity index (χ4n) is 2.09. The number of hydrogen-bond acceptors (Lipinski definition) is 3. The van der Waals surface area contributed by atoms with E-state index in [0.717, 1.165) is 25.9 Å². The van der Waals surface area contributed by atoms with Gasteiger partial charge in [0.1, 0.15) is 0 Å². The highest BCUT2D eigenvalue weighted by Gasteiger charge is 2.13. The third-order valence-corrected chi connectivity index (χ3v) is 3.11. The highest BCUT2D eigenvalue weighted by atomic mass is 16.2. The molecule has 1 fully saturated rings. The lowest BCUT2D eigenvalue weighted by Gasteiger charge is -2.26. The molecule has 1 aliphatic heterocycles. The van der Waals surface area contributed by atoms with Gasteiger partial charge >= 0.3 is 0 Å². The van der Waals surface area contributed by atoms with Crippen LogP contribution in [0.15, 0.2) is 0 Å². The van der Waals surface area contributed by atoms with Crippen LogP contribution in [0.1, 0.15) is 39.0 Å². The van der Waals surface area contributed by atoms with E-state index in [1.807, 2.05) is 6.92 Å². The monoisotopic (exact) mass is 227 g/mol. The van der Waals surface area contributed by atoms with E-state index in [9.17, 15) is 4.79 Å². The van der Waals surface area contributed by atoms with Crippen LogP contribution >= 0.6 is 0 Å². The standard InChI is InChI=1S/C12H25N3O/c1-2-6-11(13)12(16)14-7-10-15-8-4-3-5-9-15/h11H,2-10,13H2,1H3,(H,14,16)/t11-/m1/s1. The Bertz CT molecular complexity index is 202. The zero-order chi connectivity index (χ0) is 11.8. The Morgan fingerprint density at radius 3 is 2.69 bits per heavy atom. The van der Waals surface area contributed by atoms with Crippen LogP contribution in [0.4, 0.5) is 0 Å². The number of nitrogens with one attached hydrogen (secondary N) is 1. The van der Waals surface area contributed by atoms with Crippen molar-refractivity contribution in [2.45, 2.75) is 45.1 Å². The normalized spacial score (nSPS) is 19.4.